The minimum Gasteiger partial charge on any atom is -0.481 e. The standard InChI is InChI=1S/C22H32O4/c1-14(23)26-17-12-16-20(3,7-5-8-21(16,4)18(24)25)15-6-9-19(2)10-11-22(15,17)13-19/h10-11,15-17H,5-9,12-13H2,1-4H3,(H,24,25)/t15-,16-,17-,19+,20-,21-,22+/m0/s1. The molecule has 3 saturated carbocycles. The third-order valence-corrected chi connectivity index (χ3v) is 8.78. The van der Waals surface area contributed by atoms with Gasteiger partial charge in [-0.05, 0) is 68.1 Å². The number of hydrogen-bond donors (Lipinski definition) is 1. The number of carbonyl (C=O) groups excluding carboxylic acids is 1. The summed E-state index contributed by atoms with van der Waals surface area (Å²) in [6, 6.07) is 0. The Kier molecular flexibility index (Phi) is 3.72. The summed E-state index contributed by atoms with van der Waals surface area (Å²) in [5, 5.41) is 10.1. The van der Waals surface area contributed by atoms with Crippen LogP contribution in [0.2, 0.25) is 0 Å². The third kappa shape index (κ3) is 2.20. The Hall–Kier alpha value is -1.32. The van der Waals surface area contributed by atoms with Crippen molar-refractivity contribution in [3.05, 3.63) is 12.2 Å². The van der Waals surface area contributed by atoms with Crippen molar-refractivity contribution in [1.82, 2.24) is 0 Å². The van der Waals surface area contributed by atoms with E-state index in [2.05, 4.69) is 26.0 Å². The lowest BCUT2D eigenvalue weighted by molar-refractivity contribution is -0.213. The van der Waals surface area contributed by atoms with Gasteiger partial charge >= 0.3 is 11.9 Å². The van der Waals surface area contributed by atoms with Gasteiger partial charge in [0.2, 0.25) is 0 Å². The average molecular weight is 360 g/mol. The molecule has 0 aromatic rings. The van der Waals surface area contributed by atoms with E-state index in [0.29, 0.717) is 12.3 Å². The van der Waals surface area contributed by atoms with Crippen LogP contribution in [0.1, 0.15) is 72.6 Å². The largest absolute Gasteiger partial charge is 0.481 e. The fourth-order valence-corrected chi connectivity index (χ4v) is 7.62. The van der Waals surface area contributed by atoms with E-state index in [1.54, 1.807) is 0 Å². The molecule has 0 aliphatic heterocycles. The first-order valence-corrected chi connectivity index (χ1v) is 10.2. The van der Waals surface area contributed by atoms with Crippen LogP contribution in [-0.2, 0) is 14.3 Å². The maximum atomic E-state index is 12.2. The fraction of sp³-hybridized carbons (Fsp3) is 0.818. The Bertz CT molecular complexity index is 684. The van der Waals surface area contributed by atoms with Crippen molar-refractivity contribution in [2.75, 3.05) is 0 Å². The third-order valence-electron chi connectivity index (χ3n) is 8.78. The molecule has 1 spiro atoms. The summed E-state index contributed by atoms with van der Waals surface area (Å²) in [5.74, 6) is -0.482. The predicted molar refractivity (Wildman–Crippen MR) is 98.4 cm³/mol. The van der Waals surface area contributed by atoms with Crippen LogP contribution < -0.4 is 0 Å². The fourth-order valence-electron chi connectivity index (χ4n) is 7.62. The highest BCUT2D eigenvalue weighted by atomic mass is 16.5. The number of carboxylic acid groups (broad SMARTS) is 1. The van der Waals surface area contributed by atoms with Gasteiger partial charge in [-0.3, -0.25) is 9.59 Å². The molecule has 4 aliphatic carbocycles. The topological polar surface area (TPSA) is 63.6 Å². The lowest BCUT2D eigenvalue weighted by Crippen LogP contribution is -2.63. The molecule has 4 nitrogen and oxygen atoms in total. The van der Waals surface area contributed by atoms with E-state index >= 15 is 0 Å². The quantitative estimate of drug-likeness (QED) is 0.578. The summed E-state index contributed by atoms with van der Waals surface area (Å²) in [6.07, 6.45) is 11.3. The molecule has 0 aromatic heterocycles. The highest BCUT2D eigenvalue weighted by Gasteiger charge is 2.68. The number of allylic oxidation sites excluding steroid dienone is 1. The monoisotopic (exact) mass is 360 g/mol. The van der Waals surface area contributed by atoms with Gasteiger partial charge in [0.15, 0.2) is 0 Å². The van der Waals surface area contributed by atoms with E-state index in [4.69, 9.17) is 4.74 Å². The van der Waals surface area contributed by atoms with Gasteiger partial charge in [0, 0.05) is 12.3 Å². The van der Waals surface area contributed by atoms with Crippen LogP contribution in [0, 0.1) is 33.5 Å². The number of carboxylic acids is 1. The second kappa shape index (κ2) is 5.36. The van der Waals surface area contributed by atoms with Gasteiger partial charge in [-0.1, -0.05) is 32.4 Å². The predicted octanol–water partition coefficient (Wildman–Crippen LogP) is 4.58. The summed E-state index contributed by atoms with van der Waals surface area (Å²) >= 11 is 0. The molecule has 2 bridgehead atoms. The molecule has 4 heteroatoms. The molecule has 3 fully saturated rings. The zero-order chi connectivity index (χ0) is 19.0. The molecule has 0 aromatic carbocycles. The van der Waals surface area contributed by atoms with Crippen LogP contribution >= 0.6 is 0 Å². The molecule has 4 rings (SSSR count). The van der Waals surface area contributed by atoms with Gasteiger partial charge in [-0.25, -0.2) is 0 Å². The first-order valence-electron chi connectivity index (χ1n) is 10.2. The molecular weight excluding hydrogens is 328 g/mol. The summed E-state index contributed by atoms with van der Waals surface area (Å²) < 4.78 is 5.91. The molecule has 0 amide bonds. The Morgan fingerprint density at radius 3 is 2.46 bits per heavy atom. The number of aliphatic carboxylic acids is 1. The molecule has 1 N–H and O–H groups in total. The van der Waals surface area contributed by atoms with E-state index in [0.717, 1.165) is 38.5 Å². The van der Waals surface area contributed by atoms with Crippen molar-refractivity contribution in [3.8, 4) is 0 Å². The second-order valence-electron chi connectivity index (χ2n) is 10.3. The molecule has 7 atom stereocenters. The molecule has 26 heavy (non-hydrogen) atoms. The molecule has 0 saturated heterocycles. The first-order chi connectivity index (χ1) is 12.1. The smallest absolute Gasteiger partial charge is 0.309 e. The van der Waals surface area contributed by atoms with Crippen molar-refractivity contribution in [3.63, 3.8) is 0 Å². The number of hydrogen-bond acceptors (Lipinski definition) is 3. The average Bonchev–Trinajstić information content (AvgIpc) is 2.80. The van der Waals surface area contributed by atoms with Crippen molar-refractivity contribution in [1.29, 1.82) is 0 Å². The number of rotatable bonds is 2. The Balaban J connectivity index is 1.82. The lowest BCUT2D eigenvalue weighted by atomic mass is 9.39. The minimum absolute atomic E-state index is 0.00194. The van der Waals surface area contributed by atoms with Gasteiger partial charge in [-0.15, -0.1) is 0 Å². The summed E-state index contributed by atoms with van der Waals surface area (Å²) in [4.78, 5) is 24.2. The van der Waals surface area contributed by atoms with E-state index in [-0.39, 0.29) is 34.2 Å². The Labute approximate surface area is 156 Å². The van der Waals surface area contributed by atoms with Gasteiger partial charge in [0.1, 0.15) is 6.10 Å². The van der Waals surface area contributed by atoms with Crippen LogP contribution in [0.15, 0.2) is 12.2 Å². The number of fused-ring (bicyclic) bond motifs is 3. The van der Waals surface area contributed by atoms with E-state index in [9.17, 15) is 14.7 Å². The first kappa shape index (κ1) is 18.1. The van der Waals surface area contributed by atoms with Gasteiger partial charge < -0.3 is 9.84 Å². The number of carbonyl (C=O) groups is 2. The van der Waals surface area contributed by atoms with E-state index < -0.39 is 11.4 Å². The van der Waals surface area contributed by atoms with Crippen LogP contribution in [0.4, 0.5) is 0 Å². The van der Waals surface area contributed by atoms with Crippen molar-refractivity contribution < 1.29 is 19.4 Å². The second-order valence-corrected chi connectivity index (χ2v) is 10.3. The number of esters is 1. The van der Waals surface area contributed by atoms with E-state index in [1.807, 2.05) is 6.92 Å². The zero-order valence-electron chi connectivity index (χ0n) is 16.5. The summed E-state index contributed by atoms with van der Waals surface area (Å²) in [7, 11) is 0. The highest BCUT2D eigenvalue weighted by Crippen LogP contribution is 2.72. The SMILES string of the molecule is CC(=O)O[C@H]1C[C@H]2[C@@](C)(CCC[C@]2(C)C(=O)O)[C@@H]2CC[C@]3(C)C=C[C@]12C3. The molecule has 0 heterocycles. The van der Waals surface area contributed by atoms with Crippen LogP contribution in [0.25, 0.3) is 0 Å². The highest BCUT2D eigenvalue weighted by molar-refractivity contribution is 5.75. The maximum Gasteiger partial charge on any atom is 0.309 e. The zero-order valence-corrected chi connectivity index (χ0v) is 16.5. The van der Waals surface area contributed by atoms with Crippen LogP contribution in [-0.4, -0.2) is 23.1 Å². The molecule has 144 valence electrons. The van der Waals surface area contributed by atoms with Crippen LogP contribution in [0.5, 0.6) is 0 Å². The normalized spacial score (nSPS) is 52.1. The van der Waals surface area contributed by atoms with Crippen molar-refractivity contribution >= 4 is 11.9 Å². The van der Waals surface area contributed by atoms with Crippen molar-refractivity contribution in [2.24, 2.45) is 33.5 Å². The minimum atomic E-state index is -0.726. The van der Waals surface area contributed by atoms with Gasteiger partial charge in [0.05, 0.1) is 5.41 Å². The molecular formula is C22H32O4. The van der Waals surface area contributed by atoms with E-state index in [1.165, 1.54) is 6.92 Å². The van der Waals surface area contributed by atoms with Gasteiger partial charge in [0.25, 0.3) is 0 Å². The molecule has 0 unspecified atom stereocenters. The molecule has 4 aliphatic rings. The summed E-state index contributed by atoms with van der Waals surface area (Å²) in [6.45, 7) is 8.06. The van der Waals surface area contributed by atoms with Gasteiger partial charge in [-0.2, -0.15) is 0 Å². The Morgan fingerprint density at radius 1 is 1.08 bits per heavy atom. The Morgan fingerprint density at radius 2 is 1.81 bits per heavy atom. The summed E-state index contributed by atoms with van der Waals surface area (Å²) in [5.41, 5.74) is -0.641. The number of ether oxygens (including phenoxy) is 1. The molecule has 0 radical (unpaired) electrons. The van der Waals surface area contributed by atoms with Crippen molar-refractivity contribution in [2.45, 2.75) is 78.7 Å². The maximum absolute atomic E-state index is 12.2. The lowest BCUT2D eigenvalue weighted by Gasteiger charge is -2.65. The van der Waals surface area contributed by atoms with Crippen LogP contribution in [0.3, 0.4) is 0 Å².